The molecule has 0 saturated heterocycles. The molecule has 0 aliphatic rings. The lowest BCUT2D eigenvalue weighted by atomic mass is 10.1. The Morgan fingerprint density at radius 2 is 2.27 bits per heavy atom. The Kier molecular flexibility index (Phi) is 2.49. The van der Waals surface area contributed by atoms with E-state index in [1.165, 1.54) is 0 Å². The molecule has 78 valence electrons. The smallest absolute Gasteiger partial charge is 0.158 e. The molecule has 0 N–H and O–H groups in total. The minimum atomic E-state index is 0.677. The van der Waals surface area contributed by atoms with Gasteiger partial charge in [0, 0.05) is 23.2 Å². The molecule has 0 unspecified atom stereocenters. The Hall–Kier alpha value is -1.71. The molecule has 0 aliphatic heterocycles. The van der Waals surface area contributed by atoms with Crippen LogP contribution in [0.5, 0.6) is 0 Å². The molecule has 0 radical (unpaired) electrons. The Balaban J connectivity index is 2.77. The largest absolute Gasteiger partial charge is 0.298 e. The molecule has 0 aromatic carbocycles. The number of fused-ring (bicyclic) bond motifs is 1. The van der Waals surface area contributed by atoms with Crippen molar-refractivity contribution in [2.45, 2.75) is 26.8 Å². The normalized spacial score (nSPS) is 10.8. The van der Waals surface area contributed by atoms with Crippen LogP contribution in [-0.2, 0) is 13.0 Å². The van der Waals surface area contributed by atoms with Crippen molar-refractivity contribution in [2.75, 3.05) is 0 Å². The van der Waals surface area contributed by atoms with Gasteiger partial charge in [-0.3, -0.25) is 4.79 Å². The number of hydrogen-bond donors (Lipinski definition) is 0. The van der Waals surface area contributed by atoms with Crippen LogP contribution in [0.15, 0.2) is 12.3 Å². The van der Waals surface area contributed by atoms with E-state index in [0.717, 1.165) is 36.0 Å². The maximum Gasteiger partial charge on any atom is 0.158 e. The van der Waals surface area contributed by atoms with Gasteiger partial charge in [0.2, 0.25) is 0 Å². The molecule has 0 bridgehead atoms. The lowest BCUT2D eigenvalue weighted by Gasteiger charge is -2.02. The van der Waals surface area contributed by atoms with Gasteiger partial charge >= 0.3 is 0 Å². The van der Waals surface area contributed by atoms with E-state index in [9.17, 15) is 4.79 Å². The van der Waals surface area contributed by atoms with Crippen molar-refractivity contribution in [3.8, 4) is 0 Å². The summed E-state index contributed by atoms with van der Waals surface area (Å²) in [5, 5.41) is 5.03. The second kappa shape index (κ2) is 3.81. The fraction of sp³-hybridized carbons (Fsp3) is 0.364. The minimum Gasteiger partial charge on any atom is -0.298 e. The highest BCUT2D eigenvalue weighted by molar-refractivity contribution is 5.94. The molecule has 0 saturated carbocycles. The minimum absolute atomic E-state index is 0.677. The molecule has 0 spiro atoms. The van der Waals surface area contributed by atoms with E-state index < -0.39 is 0 Å². The first kappa shape index (κ1) is 9.83. The Bertz CT molecular complexity index is 502. The highest BCUT2D eigenvalue weighted by atomic mass is 16.1. The highest BCUT2D eigenvalue weighted by Crippen LogP contribution is 2.17. The van der Waals surface area contributed by atoms with E-state index in [4.69, 9.17) is 0 Å². The SMILES string of the molecule is CCc1cc(C=O)c2cnn(CC)c2n1. The number of carbonyl (C=O) groups excluding carboxylic acids is 1. The summed E-state index contributed by atoms with van der Waals surface area (Å²) >= 11 is 0. The second-order valence-corrected chi connectivity index (χ2v) is 3.37. The summed E-state index contributed by atoms with van der Waals surface area (Å²) in [7, 11) is 0. The summed E-state index contributed by atoms with van der Waals surface area (Å²) in [6.07, 6.45) is 3.39. The van der Waals surface area contributed by atoms with E-state index in [-0.39, 0.29) is 0 Å². The van der Waals surface area contributed by atoms with Gasteiger partial charge in [-0.1, -0.05) is 6.92 Å². The monoisotopic (exact) mass is 203 g/mol. The zero-order chi connectivity index (χ0) is 10.8. The summed E-state index contributed by atoms with van der Waals surface area (Å²) in [5.41, 5.74) is 2.41. The van der Waals surface area contributed by atoms with Crippen LogP contribution >= 0.6 is 0 Å². The molecule has 0 aliphatic carbocycles. The van der Waals surface area contributed by atoms with Crippen molar-refractivity contribution < 1.29 is 4.79 Å². The van der Waals surface area contributed by atoms with Crippen LogP contribution in [0.2, 0.25) is 0 Å². The van der Waals surface area contributed by atoms with Crippen molar-refractivity contribution in [1.82, 2.24) is 14.8 Å². The zero-order valence-corrected chi connectivity index (χ0v) is 8.90. The first-order valence-corrected chi connectivity index (χ1v) is 5.10. The number of pyridine rings is 1. The van der Waals surface area contributed by atoms with E-state index in [2.05, 4.69) is 10.1 Å². The average molecular weight is 203 g/mol. The van der Waals surface area contributed by atoms with Crippen LogP contribution in [0, 0.1) is 0 Å². The molecule has 4 nitrogen and oxygen atoms in total. The molecule has 2 heterocycles. The number of rotatable bonds is 3. The molecule has 15 heavy (non-hydrogen) atoms. The van der Waals surface area contributed by atoms with Gasteiger partial charge in [0.1, 0.15) is 0 Å². The van der Waals surface area contributed by atoms with Gasteiger partial charge in [0.15, 0.2) is 11.9 Å². The van der Waals surface area contributed by atoms with Crippen LogP contribution in [-0.4, -0.2) is 21.1 Å². The molecule has 0 atom stereocenters. The van der Waals surface area contributed by atoms with Gasteiger partial charge in [-0.15, -0.1) is 0 Å². The number of aldehydes is 1. The zero-order valence-electron chi connectivity index (χ0n) is 8.90. The third kappa shape index (κ3) is 1.52. The molecule has 4 heteroatoms. The van der Waals surface area contributed by atoms with Gasteiger partial charge in [-0.05, 0) is 19.4 Å². The van der Waals surface area contributed by atoms with E-state index in [0.29, 0.717) is 5.56 Å². The first-order chi connectivity index (χ1) is 7.30. The summed E-state index contributed by atoms with van der Waals surface area (Å²) in [6.45, 7) is 4.80. The maximum atomic E-state index is 10.9. The van der Waals surface area contributed by atoms with Crippen molar-refractivity contribution in [3.63, 3.8) is 0 Å². The van der Waals surface area contributed by atoms with Crippen molar-refractivity contribution in [3.05, 3.63) is 23.5 Å². The fourth-order valence-corrected chi connectivity index (χ4v) is 1.64. The van der Waals surface area contributed by atoms with Crippen molar-refractivity contribution >= 4 is 17.3 Å². The standard InChI is InChI=1S/C11H13N3O/c1-3-9-5-8(7-15)10-6-12-14(4-2)11(10)13-9/h5-7H,3-4H2,1-2H3. The van der Waals surface area contributed by atoms with Crippen LogP contribution in [0.3, 0.4) is 0 Å². The maximum absolute atomic E-state index is 10.9. The number of aryl methyl sites for hydroxylation is 2. The van der Waals surface area contributed by atoms with Crippen LogP contribution in [0.25, 0.3) is 11.0 Å². The average Bonchev–Trinajstić information content (AvgIpc) is 2.70. The lowest BCUT2D eigenvalue weighted by Crippen LogP contribution is -2.00. The fourth-order valence-electron chi connectivity index (χ4n) is 1.64. The van der Waals surface area contributed by atoms with Gasteiger partial charge in [0.05, 0.1) is 6.20 Å². The summed E-state index contributed by atoms with van der Waals surface area (Å²) in [4.78, 5) is 15.4. The van der Waals surface area contributed by atoms with E-state index in [1.807, 2.05) is 24.6 Å². The molecule has 2 aromatic heterocycles. The van der Waals surface area contributed by atoms with Gasteiger partial charge in [-0.25, -0.2) is 9.67 Å². The Morgan fingerprint density at radius 3 is 2.87 bits per heavy atom. The topological polar surface area (TPSA) is 47.8 Å². The Labute approximate surface area is 87.9 Å². The van der Waals surface area contributed by atoms with Crippen LogP contribution < -0.4 is 0 Å². The third-order valence-electron chi connectivity index (χ3n) is 2.48. The molecule has 2 rings (SSSR count). The van der Waals surface area contributed by atoms with Gasteiger partial charge in [0.25, 0.3) is 0 Å². The molecular formula is C11H13N3O. The highest BCUT2D eigenvalue weighted by Gasteiger charge is 2.08. The summed E-state index contributed by atoms with van der Waals surface area (Å²) < 4.78 is 1.81. The van der Waals surface area contributed by atoms with E-state index in [1.54, 1.807) is 6.20 Å². The van der Waals surface area contributed by atoms with Gasteiger partial charge < -0.3 is 0 Å². The van der Waals surface area contributed by atoms with Crippen molar-refractivity contribution in [1.29, 1.82) is 0 Å². The number of hydrogen-bond acceptors (Lipinski definition) is 3. The van der Waals surface area contributed by atoms with E-state index >= 15 is 0 Å². The second-order valence-electron chi connectivity index (χ2n) is 3.37. The molecule has 0 fully saturated rings. The van der Waals surface area contributed by atoms with Crippen molar-refractivity contribution in [2.24, 2.45) is 0 Å². The van der Waals surface area contributed by atoms with Crippen LogP contribution in [0.1, 0.15) is 29.9 Å². The number of carbonyl (C=O) groups is 1. The molecule has 0 amide bonds. The number of nitrogens with zero attached hydrogens (tertiary/aromatic N) is 3. The first-order valence-electron chi connectivity index (χ1n) is 5.10. The third-order valence-corrected chi connectivity index (χ3v) is 2.48. The molecule has 2 aromatic rings. The molecular weight excluding hydrogens is 190 g/mol. The summed E-state index contributed by atoms with van der Waals surface area (Å²) in [5.74, 6) is 0. The quantitative estimate of drug-likeness (QED) is 0.715. The van der Waals surface area contributed by atoms with Crippen LogP contribution in [0.4, 0.5) is 0 Å². The summed E-state index contributed by atoms with van der Waals surface area (Å²) in [6, 6.07) is 1.83. The van der Waals surface area contributed by atoms with Gasteiger partial charge in [-0.2, -0.15) is 5.10 Å². The number of aromatic nitrogens is 3. The predicted molar refractivity (Wildman–Crippen MR) is 58.0 cm³/mol. The lowest BCUT2D eigenvalue weighted by molar-refractivity contribution is 0.112. The Morgan fingerprint density at radius 1 is 1.47 bits per heavy atom. The predicted octanol–water partition coefficient (Wildman–Crippen LogP) is 1.83.